The van der Waals surface area contributed by atoms with Gasteiger partial charge in [0.15, 0.2) is 0 Å². The van der Waals surface area contributed by atoms with Gasteiger partial charge in [0.05, 0.1) is 0 Å². The Kier molecular flexibility index (Phi) is 6.11. The number of hydrogen-bond acceptors (Lipinski definition) is 2. The van der Waals surface area contributed by atoms with Crippen molar-refractivity contribution < 1.29 is 8.42 Å². The summed E-state index contributed by atoms with van der Waals surface area (Å²) in [5.41, 5.74) is 0. The van der Waals surface area contributed by atoms with Crippen LogP contribution in [0.25, 0.3) is 0 Å². The van der Waals surface area contributed by atoms with E-state index in [0.717, 1.165) is 31.0 Å². The van der Waals surface area contributed by atoms with Crippen molar-refractivity contribution in [3.05, 3.63) is 0 Å². The fourth-order valence-electron chi connectivity index (χ4n) is 3.17. The number of nitrogens with one attached hydrogen (secondary N) is 1. The van der Waals surface area contributed by atoms with Gasteiger partial charge in [-0.15, -0.1) is 0 Å². The molecule has 2 aliphatic rings. The van der Waals surface area contributed by atoms with E-state index in [2.05, 4.69) is 20.7 Å². The van der Waals surface area contributed by atoms with E-state index < -0.39 is 10.2 Å². The zero-order valence-electron chi connectivity index (χ0n) is 11.5. The van der Waals surface area contributed by atoms with E-state index in [1.807, 2.05) is 0 Å². The first-order chi connectivity index (χ1) is 9.13. The minimum atomic E-state index is -3.25. The fourth-order valence-corrected chi connectivity index (χ4v) is 5.36. The van der Waals surface area contributed by atoms with Gasteiger partial charge in [0.2, 0.25) is 0 Å². The smallest absolute Gasteiger partial charge is 0.202 e. The van der Waals surface area contributed by atoms with Crippen molar-refractivity contribution in [3.63, 3.8) is 0 Å². The Balaban J connectivity index is 1.85. The zero-order valence-corrected chi connectivity index (χ0v) is 13.9. The molecule has 1 aliphatic heterocycles. The average Bonchev–Trinajstić information content (AvgIpc) is 2.46. The lowest BCUT2D eigenvalue weighted by atomic mass is 9.80. The molecule has 0 aromatic rings. The summed E-state index contributed by atoms with van der Waals surface area (Å²) in [7, 11) is -3.25. The minimum Gasteiger partial charge on any atom is -0.202 e. The van der Waals surface area contributed by atoms with Crippen molar-refractivity contribution >= 4 is 26.1 Å². The molecule has 0 spiro atoms. The van der Waals surface area contributed by atoms with Gasteiger partial charge in [-0.3, -0.25) is 0 Å². The Morgan fingerprint density at radius 2 is 1.63 bits per heavy atom. The zero-order chi connectivity index (χ0) is 13.7. The van der Waals surface area contributed by atoms with E-state index in [0.29, 0.717) is 31.5 Å². The summed E-state index contributed by atoms with van der Waals surface area (Å²) in [6, 6.07) is 0. The molecule has 1 heterocycles. The topological polar surface area (TPSA) is 49.4 Å². The first-order valence-corrected chi connectivity index (χ1v) is 10.0. The highest BCUT2D eigenvalue weighted by Gasteiger charge is 2.28. The molecule has 2 atom stereocenters. The van der Waals surface area contributed by atoms with Gasteiger partial charge in [0.25, 0.3) is 10.2 Å². The maximum absolute atomic E-state index is 12.2. The van der Waals surface area contributed by atoms with Crippen LogP contribution in [0.15, 0.2) is 0 Å². The van der Waals surface area contributed by atoms with Crippen LogP contribution in [0, 0.1) is 11.8 Å². The van der Waals surface area contributed by atoms with Crippen LogP contribution in [-0.4, -0.2) is 37.7 Å². The Labute approximate surface area is 125 Å². The standard InChI is InChI=1S/C13H25BrN2O2S/c14-10-12-6-2-3-7-13(12)11-15-19(17,18)16-8-4-1-5-9-16/h12-13,15H,1-11H2. The molecular formula is C13H25BrN2O2S. The van der Waals surface area contributed by atoms with Crippen LogP contribution in [-0.2, 0) is 10.2 Å². The summed E-state index contributed by atoms with van der Waals surface area (Å²) in [4.78, 5) is 0. The van der Waals surface area contributed by atoms with Crippen LogP contribution in [0.3, 0.4) is 0 Å². The maximum atomic E-state index is 12.2. The first kappa shape index (κ1) is 15.7. The van der Waals surface area contributed by atoms with E-state index in [9.17, 15) is 8.42 Å². The highest BCUT2D eigenvalue weighted by atomic mass is 79.9. The van der Waals surface area contributed by atoms with E-state index in [1.165, 1.54) is 19.3 Å². The number of halogens is 1. The molecule has 0 radical (unpaired) electrons. The highest BCUT2D eigenvalue weighted by molar-refractivity contribution is 9.09. The van der Waals surface area contributed by atoms with E-state index >= 15 is 0 Å². The molecule has 2 rings (SSSR count). The lowest BCUT2D eigenvalue weighted by Crippen LogP contribution is -2.45. The van der Waals surface area contributed by atoms with Crippen LogP contribution in [0.1, 0.15) is 44.9 Å². The molecule has 1 N–H and O–H groups in total. The van der Waals surface area contributed by atoms with Crippen LogP contribution in [0.4, 0.5) is 0 Å². The normalized spacial score (nSPS) is 30.4. The Morgan fingerprint density at radius 3 is 2.26 bits per heavy atom. The number of alkyl halides is 1. The summed E-state index contributed by atoms with van der Waals surface area (Å²) in [6.45, 7) is 1.97. The molecule has 0 aromatic heterocycles. The van der Waals surface area contributed by atoms with Gasteiger partial charge in [-0.25, -0.2) is 4.72 Å². The van der Waals surface area contributed by atoms with Gasteiger partial charge in [0.1, 0.15) is 0 Å². The van der Waals surface area contributed by atoms with Crippen molar-refractivity contribution in [1.29, 1.82) is 0 Å². The van der Waals surface area contributed by atoms with Gasteiger partial charge < -0.3 is 0 Å². The monoisotopic (exact) mass is 352 g/mol. The Bertz CT molecular complexity index is 369. The second-order valence-corrected chi connectivity index (χ2v) is 8.17. The summed E-state index contributed by atoms with van der Waals surface area (Å²) in [6.07, 6.45) is 8.04. The molecule has 19 heavy (non-hydrogen) atoms. The minimum absolute atomic E-state index is 0.493. The largest absolute Gasteiger partial charge is 0.279 e. The third-order valence-corrected chi connectivity index (χ3v) is 6.86. The lowest BCUT2D eigenvalue weighted by Gasteiger charge is -2.32. The number of piperidine rings is 1. The van der Waals surface area contributed by atoms with Crippen molar-refractivity contribution in [2.24, 2.45) is 11.8 Å². The molecule has 4 nitrogen and oxygen atoms in total. The highest BCUT2D eigenvalue weighted by Crippen LogP contribution is 2.31. The molecule has 2 unspecified atom stereocenters. The number of rotatable bonds is 5. The number of hydrogen-bond donors (Lipinski definition) is 1. The molecule has 1 saturated carbocycles. The molecule has 2 fully saturated rings. The van der Waals surface area contributed by atoms with E-state index in [4.69, 9.17) is 0 Å². The summed E-state index contributed by atoms with van der Waals surface area (Å²) < 4.78 is 28.9. The van der Waals surface area contributed by atoms with Gasteiger partial charge in [-0.05, 0) is 37.5 Å². The summed E-state index contributed by atoms with van der Waals surface area (Å²) in [5.74, 6) is 1.12. The number of nitrogens with zero attached hydrogens (tertiary/aromatic N) is 1. The van der Waals surface area contributed by atoms with Gasteiger partial charge in [-0.1, -0.05) is 35.2 Å². The lowest BCUT2D eigenvalue weighted by molar-refractivity contribution is 0.260. The fraction of sp³-hybridized carbons (Fsp3) is 1.00. The van der Waals surface area contributed by atoms with Crippen molar-refractivity contribution in [2.45, 2.75) is 44.9 Å². The van der Waals surface area contributed by atoms with Crippen LogP contribution in [0.2, 0.25) is 0 Å². The Morgan fingerprint density at radius 1 is 1.00 bits per heavy atom. The van der Waals surface area contributed by atoms with Gasteiger partial charge in [-0.2, -0.15) is 12.7 Å². The summed E-state index contributed by atoms with van der Waals surface area (Å²) in [5, 5.41) is 0.989. The molecular weight excluding hydrogens is 328 g/mol. The second kappa shape index (κ2) is 7.38. The van der Waals surface area contributed by atoms with Gasteiger partial charge >= 0.3 is 0 Å². The van der Waals surface area contributed by atoms with Gasteiger partial charge in [0, 0.05) is 25.0 Å². The second-order valence-electron chi connectivity index (χ2n) is 5.77. The quantitative estimate of drug-likeness (QED) is 0.772. The molecule has 1 aliphatic carbocycles. The van der Waals surface area contributed by atoms with Crippen LogP contribution in [0.5, 0.6) is 0 Å². The van der Waals surface area contributed by atoms with Crippen LogP contribution >= 0.6 is 15.9 Å². The van der Waals surface area contributed by atoms with Crippen molar-refractivity contribution in [3.8, 4) is 0 Å². The molecule has 6 heteroatoms. The molecule has 112 valence electrons. The van der Waals surface area contributed by atoms with Crippen molar-refractivity contribution in [2.75, 3.05) is 25.0 Å². The molecule has 0 aromatic carbocycles. The van der Waals surface area contributed by atoms with E-state index in [1.54, 1.807) is 4.31 Å². The third-order valence-electron chi connectivity index (χ3n) is 4.45. The van der Waals surface area contributed by atoms with E-state index in [-0.39, 0.29) is 0 Å². The predicted molar refractivity (Wildman–Crippen MR) is 81.6 cm³/mol. The third kappa shape index (κ3) is 4.41. The first-order valence-electron chi connectivity index (χ1n) is 7.44. The maximum Gasteiger partial charge on any atom is 0.279 e. The van der Waals surface area contributed by atoms with Crippen LogP contribution < -0.4 is 4.72 Å². The molecule has 1 saturated heterocycles. The summed E-state index contributed by atoms with van der Waals surface area (Å²) >= 11 is 3.56. The SMILES string of the molecule is O=S(=O)(NCC1CCCCC1CBr)N1CCCCC1. The molecule has 0 bridgehead atoms. The molecule has 0 amide bonds. The van der Waals surface area contributed by atoms with Crippen molar-refractivity contribution in [1.82, 2.24) is 9.03 Å². The average molecular weight is 353 g/mol. The predicted octanol–water partition coefficient (Wildman–Crippen LogP) is 2.51. The Hall–Kier alpha value is 0.350.